The Kier molecular flexibility index (Phi) is 3.72. The maximum atomic E-state index is 14.1. The van der Waals surface area contributed by atoms with Gasteiger partial charge < -0.3 is 14.5 Å². The van der Waals surface area contributed by atoms with Gasteiger partial charge in [-0.05, 0) is 36.9 Å². The molecule has 2 aliphatic heterocycles. The quantitative estimate of drug-likeness (QED) is 0.798. The fourth-order valence-electron chi connectivity index (χ4n) is 3.62. The number of carbonyl (C=O) groups is 1. The molecule has 25 heavy (non-hydrogen) atoms. The van der Waals surface area contributed by atoms with Gasteiger partial charge in [0, 0.05) is 31.8 Å². The molecule has 2 heterocycles. The maximum absolute atomic E-state index is 14.1. The van der Waals surface area contributed by atoms with Crippen molar-refractivity contribution in [3.05, 3.63) is 53.6 Å². The van der Waals surface area contributed by atoms with Crippen LogP contribution in [0.15, 0.2) is 36.4 Å². The van der Waals surface area contributed by atoms with Crippen LogP contribution in [0, 0.1) is 11.6 Å². The van der Waals surface area contributed by atoms with Gasteiger partial charge in [0.1, 0.15) is 23.5 Å². The van der Waals surface area contributed by atoms with Crippen molar-refractivity contribution >= 4 is 5.91 Å². The zero-order valence-corrected chi connectivity index (χ0v) is 14.0. The number of rotatable bonds is 1. The van der Waals surface area contributed by atoms with Crippen molar-refractivity contribution in [1.82, 2.24) is 9.80 Å². The Morgan fingerprint density at radius 1 is 1.04 bits per heavy atom. The summed E-state index contributed by atoms with van der Waals surface area (Å²) in [6, 6.07) is 8.42. The van der Waals surface area contributed by atoms with Crippen LogP contribution in [0.5, 0.6) is 5.75 Å². The van der Waals surface area contributed by atoms with Gasteiger partial charge in [0.05, 0.1) is 11.6 Å². The van der Waals surface area contributed by atoms with E-state index in [1.807, 2.05) is 7.05 Å². The highest BCUT2D eigenvalue weighted by Gasteiger charge is 2.41. The molecule has 6 heteroatoms. The van der Waals surface area contributed by atoms with Crippen molar-refractivity contribution in [3.63, 3.8) is 0 Å². The van der Waals surface area contributed by atoms with Crippen molar-refractivity contribution in [3.8, 4) is 16.9 Å². The molecule has 2 atom stereocenters. The van der Waals surface area contributed by atoms with Crippen LogP contribution < -0.4 is 4.74 Å². The first-order valence-corrected chi connectivity index (χ1v) is 8.16. The van der Waals surface area contributed by atoms with Gasteiger partial charge in [-0.25, -0.2) is 8.78 Å². The highest BCUT2D eigenvalue weighted by Crippen LogP contribution is 2.34. The second-order valence-corrected chi connectivity index (χ2v) is 6.70. The molecule has 2 aromatic rings. The van der Waals surface area contributed by atoms with Gasteiger partial charge in [0.25, 0.3) is 5.91 Å². The van der Waals surface area contributed by atoms with E-state index in [0.717, 1.165) is 19.2 Å². The van der Waals surface area contributed by atoms with Gasteiger partial charge in [-0.1, -0.05) is 6.07 Å². The largest absolute Gasteiger partial charge is 0.486 e. The van der Waals surface area contributed by atoms with Crippen molar-refractivity contribution in [2.45, 2.75) is 12.1 Å². The molecule has 0 spiro atoms. The Bertz CT molecular complexity index is 855. The second-order valence-electron chi connectivity index (χ2n) is 6.70. The first-order chi connectivity index (χ1) is 11.9. The zero-order valence-electron chi connectivity index (χ0n) is 14.0. The molecule has 4 nitrogen and oxygen atoms in total. The van der Waals surface area contributed by atoms with Gasteiger partial charge in [0.2, 0.25) is 0 Å². The van der Waals surface area contributed by atoms with E-state index in [1.54, 1.807) is 30.1 Å². The van der Waals surface area contributed by atoms with E-state index in [2.05, 4.69) is 4.90 Å². The standard InChI is InChI=1S/C19H18F2N2O2/c1-22-9-16-18(10-22)25-17-7-11(3-5-14(17)19(24)23(16)2)13-6-4-12(20)8-15(13)21/h3-8,16,18H,9-10H2,1-2H3. The van der Waals surface area contributed by atoms with Gasteiger partial charge in [-0.15, -0.1) is 0 Å². The minimum Gasteiger partial charge on any atom is -0.486 e. The SMILES string of the molecule is CN1CC2Oc3cc(-c4ccc(F)cc4F)ccc3C(=O)N(C)C2C1. The van der Waals surface area contributed by atoms with Crippen LogP contribution in [0.25, 0.3) is 11.1 Å². The highest BCUT2D eigenvalue weighted by molar-refractivity contribution is 5.98. The Hall–Kier alpha value is -2.47. The smallest absolute Gasteiger partial charge is 0.257 e. The molecule has 0 aliphatic carbocycles. The molecule has 0 saturated carbocycles. The predicted octanol–water partition coefficient (Wildman–Crippen LogP) is 2.78. The van der Waals surface area contributed by atoms with Crippen LogP contribution in [-0.2, 0) is 0 Å². The Labute approximate surface area is 144 Å². The average molecular weight is 344 g/mol. The summed E-state index contributed by atoms with van der Waals surface area (Å²) in [5.74, 6) is -0.929. The molecule has 0 radical (unpaired) electrons. The number of hydrogen-bond acceptors (Lipinski definition) is 3. The molecular weight excluding hydrogens is 326 g/mol. The number of halogens is 2. The van der Waals surface area contributed by atoms with Crippen LogP contribution >= 0.6 is 0 Å². The number of ether oxygens (including phenoxy) is 1. The lowest BCUT2D eigenvalue weighted by Crippen LogP contribution is -2.44. The van der Waals surface area contributed by atoms with Crippen molar-refractivity contribution < 1.29 is 18.3 Å². The number of likely N-dealkylation sites (tertiary alicyclic amines) is 1. The fourth-order valence-corrected chi connectivity index (χ4v) is 3.62. The van der Waals surface area contributed by atoms with Crippen molar-refractivity contribution in [2.24, 2.45) is 0 Å². The molecule has 0 N–H and O–H groups in total. The first-order valence-electron chi connectivity index (χ1n) is 8.16. The van der Waals surface area contributed by atoms with Gasteiger partial charge in [-0.2, -0.15) is 0 Å². The van der Waals surface area contributed by atoms with Crippen molar-refractivity contribution in [2.75, 3.05) is 27.2 Å². The van der Waals surface area contributed by atoms with E-state index in [9.17, 15) is 13.6 Å². The van der Waals surface area contributed by atoms with Crippen LogP contribution in [0.1, 0.15) is 10.4 Å². The third-order valence-electron chi connectivity index (χ3n) is 4.97. The number of fused-ring (bicyclic) bond motifs is 2. The summed E-state index contributed by atoms with van der Waals surface area (Å²) in [5, 5.41) is 0. The predicted molar refractivity (Wildman–Crippen MR) is 89.6 cm³/mol. The summed E-state index contributed by atoms with van der Waals surface area (Å²) >= 11 is 0. The lowest BCUT2D eigenvalue weighted by molar-refractivity contribution is 0.0682. The third-order valence-corrected chi connectivity index (χ3v) is 4.97. The fraction of sp³-hybridized carbons (Fsp3) is 0.316. The maximum Gasteiger partial charge on any atom is 0.257 e. The molecule has 2 aromatic carbocycles. The van der Waals surface area contributed by atoms with E-state index < -0.39 is 11.6 Å². The van der Waals surface area contributed by atoms with Crippen LogP contribution in [0.3, 0.4) is 0 Å². The van der Waals surface area contributed by atoms with Gasteiger partial charge in [-0.3, -0.25) is 4.79 Å². The topological polar surface area (TPSA) is 32.8 Å². The number of hydrogen-bond donors (Lipinski definition) is 0. The van der Waals surface area contributed by atoms with E-state index in [-0.39, 0.29) is 23.6 Å². The van der Waals surface area contributed by atoms with Gasteiger partial charge >= 0.3 is 0 Å². The summed E-state index contributed by atoms with van der Waals surface area (Å²) in [5.41, 5.74) is 1.29. The summed E-state index contributed by atoms with van der Waals surface area (Å²) < 4.78 is 33.4. The van der Waals surface area contributed by atoms with Crippen LogP contribution in [0.4, 0.5) is 8.78 Å². The molecule has 2 unspecified atom stereocenters. The summed E-state index contributed by atoms with van der Waals surface area (Å²) in [6.07, 6.45) is -0.131. The minimum absolute atomic E-state index is 0.0177. The van der Waals surface area contributed by atoms with Gasteiger partial charge in [0.15, 0.2) is 0 Å². The van der Waals surface area contributed by atoms with E-state index in [4.69, 9.17) is 4.74 Å². The number of amides is 1. The molecular formula is C19H18F2N2O2. The Morgan fingerprint density at radius 3 is 2.56 bits per heavy atom. The molecule has 1 fully saturated rings. The summed E-state index contributed by atoms with van der Waals surface area (Å²) in [7, 11) is 3.77. The van der Waals surface area contributed by atoms with E-state index >= 15 is 0 Å². The number of carbonyl (C=O) groups excluding carboxylic acids is 1. The monoisotopic (exact) mass is 344 g/mol. The molecule has 4 rings (SSSR count). The van der Waals surface area contributed by atoms with E-state index in [0.29, 0.717) is 16.9 Å². The molecule has 2 aliphatic rings. The number of likely N-dealkylation sites (N-methyl/N-ethyl adjacent to an activating group) is 2. The molecule has 0 aromatic heterocycles. The zero-order chi connectivity index (χ0) is 17.7. The highest BCUT2D eigenvalue weighted by atomic mass is 19.1. The Balaban J connectivity index is 1.77. The minimum atomic E-state index is -0.643. The lowest BCUT2D eigenvalue weighted by atomic mass is 10.0. The normalized spacial score (nSPS) is 23.0. The molecule has 130 valence electrons. The first kappa shape index (κ1) is 16.0. The average Bonchev–Trinajstić information content (AvgIpc) is 2.90. The molecule has 0 bridgehead atoms. The van der Waals surface area contributed by atoms with Crippen LogP contribution in [0.2, 0.25) is 0 Å². The summed E-state index contributed by atoms with van der Waals surface area (Å²) in [4.78, 5) is 16.6. The Morgan fingerprint density at radius 2 is 1.80 bits per heavy atom. The number of nitrogens with zero attached hydrogens (tertiary/aromatic N) is 2. The van der Waals surface area contributed by atoms with Crippen molar-refractivity contribution in [1.29, 1.82) is 0 Å². The van der Waals surface area contributed by atoms with Crippen LogP contribution in [-0.4, -0.2) is 55.0 Å². The third kappa shape index (κ3) is 2.66. The number of benzene rings is 2. The molecule has 1 amide bonds. The second kappa shape index (κ2) is 5.81. The lowest BCUT2D eigenvalue weighted by Gasteiger charge is -2.25. The van der Waals surface area contributed by atoms with E-state index in [1.165, 1.54) is 12.1 Å². The summed E-state index contributed by atoms with van der Waals surface area (Å²) in [6.45, 7) is 1.47. The molecule has 1 saturated heterocycles.